The van der Waals surface area contributed by atoms with Crippen LogP contribution in [-0.2, 0) is 11.2 Å². The molecule has 0 atom stereocenters. The molecule has 0 spiro atoms. The van der Waals surface area contributed by atoms with E-state index in [1.165, 1.54) is 0 Å². The summed E-state index contributed by atoms with van der Waals surface area (Å²) in [4.78, 5) is 30.8. The molecule has 3 aromatic rings. The van der Waals surface area contributed by atoms with Gasteiger partial charge in [0.15, 0.2) is 5.78 Å². The van der Waals surface area contributed by atoms with Gasteiger partial charge in [-0.1, -0.05) is 23.2 Å². The Labute approximate surface area is 184 Å². The van der Waals surface area contributed by atoms with E-state index in [0.29, 0.717) is 47.4 Å². The fourth-order valence-electron chi connectivity index (χ4n) is 3.57. The lowest BCUT2D eigenvalue weighted by Gasteiger charge is -2.27. The summed E-state index contributed by atoms with van der Waals surface area (Å²) in [7, 11) is 0. The number of piperidine rings is 1. The first kappa shape index (κ1) is 20.6. The van der Waals surface area contributed by atoms with Gasteiger partial charge in [0.2, 0.25) is 0 Å². The van der Waals surface area contributed by atoms with Crippen LogP contribution in [0.25, 0.3) is 5.69 Å². The van der Waals surface area contributed by atoms with Crippen LogP contribution < -0.4 is 4.90 Å². The molecule has 0 amide bonds. The van der Waals surface area contributed by atoms with E-state index in [1.807, 2.05) is 24.0 Å². The third-order valence-electron chi connectivity index (χ3n) is 5.25. The standard InChI is InChI=1S/C22H20Cl2N4O2/c1-14-19(13-26-28(14)17-4-2-16(23)3-5-17)21(30)11-15-10-20(24)22(25-12-15)27-8-6-18(29)7-9-27/h2-5,10,12-13H,6-9,11H2,1H3. The molecule has 0 radical (unpaired) electrons. The maximum Gasteiger partial charge on any atom is 0.170 e. The first-order chi connectivity index (χ1) is 14.4. The van der Waals surface area contributed by atoms with Crippen molar-refractivity contribution in [3.8, 4) is 5.69 Å². The van der Waals surface area contributed by atoms with Gasteiger partial charge in [-0.2, -0.15) is 5.10 Å². The Morgan fingerprint density at radius 1 is 1.10 bits per heavy atom. The second-order valence-corrected chi connectivity index (χ2v) is 8.15. The highest BCUT2D eigenvalue weighted by atomic mass is 35.5. The summed E-state index contributed by atoms with van der Waals surface area (Å²) < 4.78 is 1.72. The number of carbonyl (C=O) groups excluding carboxylic acids is 2. The number of anilines is 1. The van der Waals surface area contributed by atoms with Crippen molar-refractivity contribution in [1.82, 2.24) is 14.8 Å². The number of benzene rings is 1. The number of hydrogen-bond donors (Lipinski definition) is 0. The number of halogens is 2. The molecule has 1 saturated heterocycles. The van der Waals surface area contributed by atoms with Gasteiger partial charge in [-0.15, -0.1) is 0 Å². The first-order valence-corrected chi connectivity index (χ1v) is 10.4. The van der Waals surface area contributed by atoms with Crippen molar-refractivity contribution in [3.63, 3.8) is 0 Å². The Morgan fingerprint density at radius 2 is 1.80 bits per heavy atom. The molecule has 0 N–H and O–H groups in total. The predicted octanol–water partition coefficient (Wildman–Crippen LogP) is 4.48. The van der Waals surface area contributed by atoms with E-state index >= 15 is 0 Å². The minimum Gasteiger partial charge on any atom is -0.355 e. The van der Waals surface area contributed by atoms with E-state index in [4.69, 9.17) is 23.2 Å². The quantitative estimate of drug-likeness (QED) is 0.544. The van der Waals surface area contributed by atoms with Crippen molar-refractivity contribution in [2.75, 3.05) is 18.0 Å². The maximum absolute atomic E-state index is 12.9. The highest BCUT2D eigenvalue weighted by Gasteiger charge is 2.21. The van der Waals surface area contributed by atoms with Crippen LogP contribution in [0.2, 0.25) is 10.0 Å². The van der Waals surface area contributed by atoms with Crippen LogP contribution >= 0.6 is 23.2 Å². The van der Waals surface area contributed by atoms with Crippen molar-refractivity contribution in [2.45, 2.75) is 26.2 Å². The minimum absolute atomic E-state index is 0.0538. The van der Waals surface area contributed by atoms with Crippen LogP contribution in [-0.4, -0.2) is 39.4 Å². The van der Waals surface area contributed by atoms with Crippen LogP contribution in [0.1, 0.15) is 34.5 Å². The summed E-state index contributed by atoms with van der Waals surface area (Å²) in [5, 5.41) is 5.49. The number of Topliss-reactive ketones (excluding diaryl/α,β-unsaturated/α-hetero) is 2. The summed E-state index contributed by atoms with van der Waals surface area (Å²) in [6.45, 7) is 3.10. The second-order valence-electron chi connectivity index (χ2n) is 7.31. The molecule has 154 valence electrons. The highest BCUT2D eigenvalue weighted by molar-refractivity contribution is 6.33. The third kappa shape index (κ3) is 4.25. The number of aromatic nitrogens is 3. The van der Waals surface area contributed by atoms with E-state index in [2.05, 4.69) is 10.1 Å². The van der Waals surface area contributed by atoms with Gasteiger partial charge < -0.3 is 4.90 Å². The van der Waals surface area contributed by atoms with Gasteiger partial charge in [0.1, 0.15) is 11.6 Å². The molecule has 1 aliphatic rings. The number of hydrogen-bond acceptors (Lipinski definition) is 5. The van der Waals surface area contributed by atoms with Gasteiger partial charge in [-0.25, -0.2) is 9.67 Å². The van der Waals surface area contributed by atoms with Gasteiger partial charge >= 0.3 is 0 Å². The summed E-state index contributed by atoms with van der Waals surface area (Å²) in [6, 6.07) is 9.05. The third-order valence-corrected chi connectivity index (χ3v) is 5.78. The summed E-state index contributed by atoms with van der Waals surface area (Å²) >= 11 is 12.4. The average molecular weight is 443 g/mol. The number of ketones is 2. The normalized spacial score (nSPS) is 14.2. The second kappa shape index (κ2) is 8.58. The molecule has 0 bridgehead atoms. The molecule has 2 aromatic heterocycles. The predicted molar refractivity (Wildman–Crippen MR) is 117 cm³/mol. The number of carbonyl (C=O) groups is 2. The van der Waals surface area contributed by atoms with Crippen molar-refractivity contribution >= 4 is 40.6 Å². The first-order valence-electron chi connectivity index (χ1n) is 9.67. The van der Waals surface area contributed by atoms with Gasteiger partial charge in [0.05, 0.1) is 28.2 Å². The van der Waals surface area contributed by atoms with E-state index in [1.54, 1.807) is 35.3 Å². The molecule has 3 heterocycles. The summed E-state index contributed by atoms with van der Waals surface area (Å²) in [5.74, 6) is 0.869. The lowest BCUT2D eigenvalue weighted by atomic mass is 10.0. The molecule has 30 heavy (non-hydrogen) atoms. The van der Waals surface area contributed by atoms with Crippen LogP contribution in [0.3, 0.4) is 0 Å². The number of pyridine rings is 1. The van der Waals surface area contributed by atoms with Crippen molar-refractivity contribution in [3.05, 3.63) is 69.6 Å². The van der Waals surface area contributed by atoms with Gasteiger partial charge in [-0.3, -0.25) is 9.59 Å². The van der Waals surface area contributed by atoms with Crippen molar-refractivity contribution < 1.29 is 9.59 Å². The zero-order valence-corrected chi connectivity index (χ0v) is 18.0. The fraction of sp³-hybridized carbons (Fsp3) is 0.273. The molecule has 4 rings (SSSR count). The molecule has 0 unspecified atom stereocenters. The zero-order valence-electron chi connectivity index (χ0n) is 16.4. The molecule has 1 aliphatic heterocycles. The largest absolute Gasteiger partial charge is 0.355 e. The molecule has 6 nitrogen and oxygen atoms in total. The lowest BCUT2D eigenvalue weighted by Crippen LogP contribution is -2.34. The Bertz CT molecular complexity index is 1100. The minimum atomic E-state index is -0.0538. The topological polar surface area (TPSA) is 68.1 Å². The molecule has 0 saturated carbocycles. The molecular formula is C22H20Cl2N4O2. The van der Waals surface area contributed by atoms with Gasteiger partial charge in [0.25, 0.3) is 0 Å². The van der Waals surface area contributed by atoms with E-state index < -0.39 is 0 Å². The van der Waals surface area contributed by atoms with Crippen LogP contribution in [0.5, 0.6) is 0 Å². The Kier molecular flexibility index (Phi) is 5.88. The van der Waals surface area contributed by atoms with Crippen LogP contribution in [0.15, 0.2) is 42.7 Å². The smallest absolute Gasteiger partial charge is 0.170 e. The lowest BCUT2D eigenvalue weighted by molar-refractivity contribution is -0.119. The van der Waals surface area contributed by atoms with Crippen LogP contribution in [0.4, 0.5) is 5.82 Å². The van der Waals surface area contributed by atoms with Crippen molar-refractivity contribution in [1.29, 1.82) is 0 Å². The Morgan fingerprint density at radius 3 is 2.47 bits per heavy atom. The molecule has 1 aromatic carbocycles. The summed E-state index contributed by atoms with van der Waals surface area (Å²) in [6.07, 6.45) is 4.46. The summed E-state index contributed by atoms with van der Waals surface area (Å²) in [5.41, 5.74) is 2.89. The van der Waals surface area contributed by atoms with Gasteiger partial charge in [-0.05, 0) is 42.8 Å². The Balaban J connectivity index is 1.50. The monoisotopic (exact) mass is 442 g/mol. The SMILES string of the molecule is Cc1c(C(=O)Cc2cnc(N3CCC(=O)CC3)c(Cl)c2)cnn1-c1ccc(Cl)cc1. The molecular weight excluding hydrogens is 423 g/mol. The maximum atomic E-state index is 12.9. The van der Waals surface area contributed by atoms with E-state index in [0.717, 1.165) is 16.9 Å². The molecule has 0 aliphatic carbocycles. The highest BCUT2D eigenvalue weighted by Crippen LogP contribution is 2.27. The van der Waals surface area contributed by atoms with E-state index in [9.17, 15) is 9.59 Å². The number of nitrogens with zero attached hydrogens (tertiary/aromatic N) is 4. The van der Waals surface area contributed by atoms with Crippen molar-refractivity contribution in [2.24, 2.45) is 0 Å². The molecule has 8 heteroatoms. The number of rotatable bonds is 5. The zero-order chi connectivity index (χ0) is 21.3. The van der Waals surface area contributed by atoms with E-state index in [-0.39, 0.29) is 18.0 Å². The Hall–Kier alpha value is -2.70. The van der Waals surface area contributed by atoms with Crippen LogP contribution in [0, 0.1) is 6.92 Å². The fourth-order valence-corrected chi connectivity index (χ4v) is 4.01. The van der Waals surface area contributed by atoms with Gasteiger partial charge in [0, 0.05) is 43.6 Å². The average Bonchev–Trinajstić information content (AvgIpc) is 3.11. The molecule has 1 fully saturated rings.